The van der Waals surface area contributed by atoms with E-state index in [4.69, 9.17) is 5.11 Å². The Morgan fingerprint density at radius 3 is 2.83 bits per heavy atom. The van der Waals surface area contributed by atoms with Gasteiger partial charge in [-0.25, -0.2) is 0 Å². The fourth-order valence-electron chi connectivity index (χ4n) is 2.61. The van der Waals surface area contributed by atoms with Crippen molar-refractivity contribution in [1.29, 1.82) is 0 Å². The lowest BCUT2D eigenvalue weighted by Gasteiger charge is -2.14. The number of benzene rings is 1. The van der Waals surface area contributed by atoms with Crippen LogP contribution in [0.2, 0.25) is 0 Å². The first-order chi connectivity index (χ1) is 8.56. The molecule has 1 aromatic carbocycles. The van der Waals surface area contributed by atoms with Crippen LogP contribution in [0.15, 0.2) is 24.3 Å². The Morgan fingerprint density at radius 2 is 2.22 bits per heavy atom. The van der Waals surface area contributed by atoms with Gasteiger partial charge in [0.2, 0.25) is 0 Å². The van der Waals surface area contributed by atoms with Crippen molar-refractivity contribution in [3.05, 3.63) is 35.4 Å². The summed E-state index contributed by atoms with van der Waals surface area (Å²) in [5, 5.41) is 12.2. The average molecular weight is 247 g/mol. The molecule has 2 rings (SSSR count). The SMILES string of the molecule is CC(C)Cc1cccc(C2CCC(C(=O)O)N2)c1. The van der Waals surface area contributed by atoms with Gasteiger partial charge in [-0.05, 0) is 36.3 Å². The molecule has 3 heteroatoms. The Hall–Kier alpha value is -1.35. The van der Waals surface area contributed by atoms with Crippen molar-refractivity contribution in [2.75, 3.05) is 0 Å². The summed E-state index contributed by atoms with van der Waals surface area (Å²) >= 11 is 0. The van der Waals surface area contributed by atoms with E-state index in [1.54, 1.807) is 0 Å². The normalized spacial score (nSPS) is 23.5. The Bertz CT molecular complexity index is 428. The predicted molar refractivity (Wildman–Crippen MR) is 71.5 cm³/mol. The van der Waals surface area contributed by atoms with Crippen LogP contribution in [0.4, 0.5) is 0 Å². The third-order valence-corrected chi connectivity index (χ3v) is 3.44. The van der Waals surface area contributed by atoms with E-state index in [0.717, 1.165) is 12.8 Å². The van der Waals surface area contributed by atoms with Gasteiger partial charge >= 0.3 is 5.97 Å². The molecule has 1 aromatic rings. The van der Waals surface area contributed by atoms with Crippen LogP contribution in [0.5, 0.6) is 0 Å². The third-order valence-electron chi connectivity index (χ3n) is 3.44. The second kappa shape index (κ2) is 5.53. The van der Waals surface area contributed by atoms with E-state index < -0.39 is 5.97 Å². The molecule has 18 heavy (non-hydrogen) atoms. The molecular formula is C15H21NO2. The number of carboxylic acid groups (broad SMARTS) is 1. The van der Waals surface area contributed by atoms with Crippen molar-refractivity contribution in [3.8, 4) is 0 Å². The summed E-state index contributed by atoms with van der Waals surface area (Å²) in [4.78, 5) is 10.9. The minimum Gasteiger partial charge on any atom is -0.480 e. The maximum Gasteiger partial charge on any atom is 0.320 e. The maximum absolute atomic E-state index is 10.9. The molecule has 0 aliphatic carbocycles. The number of carbonyl (C=O) groups is 1. The molecule has 1 aliphatic rings. The minimum absolute atomic E-state index is 0.193. The molecule has 1 aliphatic heterocycles. The van der Waals surface area contributed by atoms with Gasteiger partial charge in [0.25, 0.3) is 0 Å². The zero-order valence-corrected chi connectivity index (χ0v) is 11.0. The number of nitrogens with one attached hydrogen (secondary N) is 1. The van der Waals surface area contributed by atoms with Crippen LogP contribution in [0.3, 0.4) is 0 Å². The predicted octanol–water partition coefficient (Wildman–Crippen LogP) is 2.76. The van der Waals surface area contributed by atoms with Gasteiger partial charge in [0.05, 0.1) is 0 Å². The van der Waals surface area contributed by atoms with Crippen LogP contribution in [0.25, 0.3) is 0 Å². The fraction of sp³-hybridized carbons (Fsp3) is 0.533. The van der Waals surface area contributed by atoms with Gasteiger partial charge in [-0.1, -0.05) is 38.1 Å². The molecule has 2 unspecified atom stereocenters. The van der Waals surface area contributed by atoms with Gasteiger partial charge in [0.15, 0.2) is 0 Å². The third kappa shape index (κ3) is 3.10. The van der Waals surface area contributed by atoms with Crippen LogP contribution in [0.1, 0.15) is 43.9 Å². The van der Waals surface area contributed by atoms with Crippen molar-refractivity contribution in [2.45, 2.75) is 45.2 Å². The van der Waals surface area contributed by atoms with Crippen LogP contribution < -0.4 is 5.32 Å². The van der Waals surface area contributed by atoms with Crippen molar-refractivity contribution in [3.63, 3.8) is 0 Å². The van der Waals surface area contributed by atoms with E-state index in [2.05, 4.69) is 43.4 Å². The van der Waals surface area contributed by atoms with Crippen molar-refractivity contribution >= 4 is 5.97 Å². The summed E-state index contributed by atoms with van der Waals surface area (Å²) in [6.07, 6.45) is 2.69. The van der Waals surface area contributed by atoms with Crippen molar-refractivity contribution in [1.82, 2.24) is 5.32 Å². The van der Waals surface area contributed by atoms with Crippen LogP contribution in [-0.2, 0) is 11.2 Å². The molecule has 0 radical (unpaired) electrons. The second-order valence-corrected chi connectivity index (χ2v) is 5.53. The Balaban J connectivity index is 2.07. The van der Waals surface area contributed by atoms with Gasteiger partial charge in [-0.3, -0.25) is 10.1 Å². The van der Waals surface area contributed by atoms with Crippen LogP contribution in [-0.4, -0.2) is 17.1 Å². The van der Waals surface area contributed by atoms with Gasteiger partial charge in [0.1, 0.15) is 6.04 Å². The summed E-state index contributed by atoms with van der Waals surface area (Å²) in [5.74, 6) is -0.0978. The van der Waals surface area contributed by atoms with Crippen LogP contribution >= 0.6 is 0 Å². The number of hydrogen-bond acceptors (Lipinski definition) is 2. The first-order valence-corrected chi connectivity index (χ1v) is 6.64. The number of rotatable bonds is 4. The van der Waals surface area contributed by atoms with E-state index in [1.165, 1.54) is 11.1 Å². The largest absolute Gasteiger partial charge is 0.480 e. The maximum atomic E-state index is 10.9. The fourth-order valence-corrected chi connectivity index (χ4v) is 2.61. The number of carboxylic acids is 1. The average Bonchev–Trinajstić information content (AvgIpc) is 2.77. The molecular weight excluding hydrogens is 226 g/mol. The topological polar surface area (TPSA) is 49.3 Å². The minimum atomic E-state index is -0.740. The van der Waals surface area contributed by atoms with E-state index in [0.29, 0.717) is 12.3 Å². The second-order valence-electron chi connectivity index (χ2n) is 5.53. The van der Waals surface area contributed by atoms with Gasteiger partial charge in [0, 0.05) is 6.04 Å². The lowest BCUT2D eigenvalue weighted by Crippen LogP contribution is -2.31. The van der Waals surface area contributed by atoms with E-state index in [9.17, 15) is 4.79 Å². The lowest BCUT2D eigenvalue weighted by atomic mass is 9.98. The molecule has 98 valence electrons. The molecule has 0 amide bonds. The quantitative estimate of drug-likeness (QED) is 0.860. The zero-order chi connectivity index (χ0) is 13.1. The zero-order valence-electron chi connectivity index (χ0n) is 11.0. The molecule has 1 saturated heterocycles. The Morgan fingerprint density at radius 1 is 1.44 bits per heavy atom. The highest BCUT2D eigenvalue weighted by Crippen LogP contribution is 2.27. The van der Waals surface area contributed by atoms with Crippen molar-refractivity contribution < 1.29 is 9.90 Å². The van der Waals surface area contributed by atoms with E-state index in [-0.39, 0.29) is 12.1 Å². The first-order valence-electron chi connectivity index (χ1n) is 6.64. The molecule has 0 spiro atoms. The summed E-state index contributed by atoms with van der Waals surface area (Å²) in [5.41, 5.74) is 2.56. The molecule has 0 bridgehead atoms. The molecule has 0 saturated carbocycles. The highest BCUT2D eigenvalue weighted by atomic mass is 16.4. The van der Waals surface area contributed by atoms with E-state index >= 15 is 0 Å². The van der Waals surface area contributed by atoms with Gasteiger partial charge in [-0.2, -0.15) is 0 Å². The molecule has 1 heterocycles. The van der Waals surface area contributed by atoms with E-state index in [1.807, 2.05) is 0 Å². The number of hydrogen-bond donors (Lipinski definition) is 2. The van der Waals surface area contributed by atoms with Crippen molar-refractivity contribution in [2.24, 2.45) is 5.92 Å². The summed E-state index contributed by atoms with van der Waals surface area (Å²) in [6.45, 7) is 4.42. The molecule has 2 N–H and O–H groups in total. The molecule has 3 nitrogen and oxygen atoms in total. The smallest absolute Gasteiger partial charge is 0.320 e. The molecule has 0 aromatic heterocycles. The molecule has 1 fully saturated rings. The summed E-state index contributed by atoms with van der Waals surface area (Å²) < 4.78 is 0. The molecule has 2 atom stereocenters. The standard InChI is InChI=1S/C15H21NO2/c1-10(2)8-11-4-3-5-12(9-11)13-6-7-14(16-13)15(17)18/h3-5,9-10,13-14,16H,6-8H2,1-2H3,(H,17,18). The van der Waals surface area contributed by atoms with Gasteiger partial charge < -0.3 is 5.11 Å². The highest BCUT2D eigenvalue weighted by molar-refractivity contribution is 5.73. The lowest BCUT2D eigenvalue weighted by molar-refractivity contribution is -0.139. The number of aliphatic carboxylic acids is 1. The Kier molecular flexibility index (Phi) is 4.02. The van der Waals surface area contributed by atoms with Crippen LogP contribution in [0, 0.1) is 5.92 Å². The first kappa shape index (κ1) is 13.1. The Labute approximate surface area is 108 Å². The monoisotopic (exact) mass is 247 g/mol. The summed E-state index contributed by atoms with van der Waals surface area (Å²) in [6, 6.07) is 8.32. The van der Waals surface area contributed by atoms with Gasteiger partial charge in [-0.15, -0.1) is 0 Å². The highest BCUT2D eigenvalue weighted by Gasteiger charge is 2.29. The summed E-state index contributed by atoms with van der Waals surface area (Å²) in [7, 11) is 0.